The Hall–Kier alpha value is -0.690. The molecule has 18 heavy (non-hydrogen) atoms. The first-order valence-electron chi connectivity index (χ1n) is 5.29. The van der Waals surface area contributed by atoms with Gasteiger partial charge in [-0.25, -0.2) is 17.5 Å². The van der Waals surface area contributed by atoms with E-state index in [1.165, 1.54) is 12.1 Å². The molecule has 0 aliphatic rings. The fraction of sp³-hybridized carbons (Fsp3) is 0.455. The second kappa shape index (κ2) is 7.04. The van der Waals surface area contributed by atoms with Crippen molar-refractivity contribution in [2.24, 2.45) is 0 Å². The highest BCUT2D eigenvalue weighted by Gasteiger charge is 2.16. The van der Waals surface area contributed by atoms with Gasteiger partial charge >= 0.3 is 0 Å². The van der Waals surface area contributed by atoms with Crippen molar-refractivity contribution in [3.63, 3.8) is 0 Å². The van der Waals surface area contributed by atoms with Crippen LogP contribution in [-0.2, 0) is 10.0 Å². The number of benzene rings is 1. The molecule has 0 spiro atoms. The number of aryl methyl sites for hydroxylation is 2. The van der Waals surface area contributed by atoms with E-state index in [1.807, 2.05) is 0 Å². The predicted molar refractivity (Wildman–Crippen MR) is 72.2 cm³/mol. The van der Waals surface area contributed by atoms with E-state index >= 15 is 0 Å². The molecular formula is C11H18ClFN2O2S. The zero-order valence-electron chi connectivity index (χ0n) is 10.6. The molecule has 7 heteroatoms. The molecule has 0 aromatic heterocycles. The second-order valence-corrected chi connectivity index (χ2v) is 5.64. The van der Waals surface area contributed by atoms with Crippen LogP contribution in [-0.4, -0.2) is 28.6 Å². The summed E-state index contributed by atoms with van der Waals surface area (Å²) in [5.74, 6) is -0.362. The molecule has 0 aliphatic carbocycles. The van der Waals surface area contributed by atoms with E-state index in [2.05, 4.69) is 10.0 Å². The molecule has 0 saturated heterocycles. The van der Waals surface area contributed by atoms with Crippen molar-refractivity contribution in [2.45, 2.75) is 18.7 Å². The summed E-state index contributed by atoms with van der Waals surface area (Å²) in [7, 11) is -1.81. The van der Waals surface area contributed by atoms with Crippen LogP contribution in [0.3, 0.4) is 0 Å². The van der Waals surface area contributed by atoms with Gasteiger partial charge in [0.2, 0.25) is 10.0 Å². The van der Waals surface area contributed by atoms with E-state index in [0.29, 0.717) is 24.2 Å². The Balaban J connectivity index is 0.00000289. The summed E-state index contributed by atoms with van der Waals surface area (Å²) in [5.41, 5.74) is 0.665. The average molecular weight is 297 g/mol. The molecule has 0 radical (unpaired) electrons. The summed E-state index contributed by atoms with van der Waals surface area (Å²) < 4.78 is 39.5. The Morgan fingerprint density at radius 1 is 1.17 bits per heavy atom. The number of sulfonamides is 1. The van der Waals surface area contributed by atoms with Crippen molar-refractivity contribution in [1.82, 2.24) is 10.0 Å². The van der Waals surface area contributed by atoms with Gasteiger partial charge in [-0.1, -0.05) is 0 Å². The van der Waals surface area contributed by atoms with Crippen LogP contribution >= 0.6 is 12.4 Å². The first-order valence-corrected chi connectivity index (χ1v) is 6.78. The molecule has 0 saturated carbocycles. The third kappa shape index (κ3) is 4.20. The van der Waals surface area contributed by atoms with Crippen molar-refractivity contribution in [3.05, 3.63) is 29.1 Å². The minimum Gasteiger partial charge on any atom is -0.318 e. The molecule has 0 aliphatic heterocycles. The zero-order valence-corrected chi connectivity index (χ0v) is 12.2. The van der Waals surface area contributed by atoms with Crippen LogP contribution in [0.5, 0.6) is 0 Å². The van der Waals surface area contributed by atoms with Crippen molar-refractivity contribution in [1.29, 1.82) is 0 Å². The second-order valence-electron chi connectivity index (χ2n) is 3.87. The van der Waals surface area contributed by atoms with E-state index in [0.717, 1.165) is 0 Å². The summed E-state index contributed by atoms with van der Waals surface area (Å²) in [6, 6.07) is 2.67. The van der Waals surface area contributed by atoms with Gasteiger partial charge in [-0.2, -0.15) is 0 Å². The molecule has 104 valence electrons. The van der Waals surface area contributed by atoms with Crippen LogP contribution < -0.4 is 10.0 Å². The minimum absolute atomic E-state index is 0. The van der Waals surface area contributed by atoms with Gasteiger partial charge in [0, 0.05) is 13.1 Å². The van der Waals surface area contributed by atoms with Crippen LogP contribution in [0, 0.1) is 19.7 Å². The van der Waals surface area contributed by atoms with Gasteiger partial charge in [0.1, 0.15) is 5.82 Å². The SMILES string of the molecule is CNCCNS(=O)(=O)c1cc(C)c(F)c(C)c1.Cl. The molecule has 1 aromatic carbocycles. The Bertz CT molecular complexity index is 483. The molecular weight excluding hydrogens is 279 g/mol. The molecule has 0 fully saturated rings. The average Bonchev–Trinajstić information content (AvgIpc) is 2.25. The van der Waals surface area contributed by atoms with Gasteiger partial charge < -0.3 is 5.32 Å². The monoisotopic (exact) mass is 296 g/mol. The summed E-state index contributed by atoms with van der Waals surface area (Å²) in [6.07, 6.45) is 0. The van der Waals surface area contributed by atoms with Gasteiger partial charge in [-0.05, 0) is 44.2 Å². The van der Waals surface area contributed by atoms with Gasteiger partial charge in [-0.3, -0.25) is 0 Å². The molecule has 0 amide bonds. The van der Waals surface area contributed by atoms with Crippen LogP contribution in [0.4, 0.5) is 4.39 Å². The van der Waals surface area contributed by atoms with Crippen molar-refractivity contribution in [3.8, 4) is 0 Å². The quantitative estimate of drug-likeness (QED) is 0.807. The Morgan fingerprint density at radius 3 is 2.11 bits per heavy atom. The molecule has 2 N–H and O–H groups in total. The van der Waals surface area contributed by atoms with Gasteiger partial charge in [0.05, 0.1) is 4.90 Å². The zero-order chi connectivity index (χ0) is 13.1. The smallest absolute Gasteiger partial charge is 0.240 e. The lowest BCUT2D eigenvalue weighted by Crippen LogP contribution is -2.30. The summed E-state index contributed by atoms with van der Waals surface area (Å²) in [6.45, 7) is 3.94. The van der Waals surface area contributed by atoms with Crippen molar-refractivity contribution in [2.75, 3.05) is 20.1 Å². The topological polar surface area (TPSA) is 58.2 Å². The van der Waals surface area contributed by atoms with E-state index in [1.54, 1.807) is 20.9 Å². The maximum absolute atomic E-state index is 13.4. The number of rotatable bonds is 5. The predicted octanol–water partition coefficient (Wildman–Crippen LogP) is 1.36. The van der Waals surface area contributed by atoms with E-state index in [9.17, 15) is 12.8 Å². The number of likely N-dealkylation sites (N-methyl/N-ethyl adjacent to an activating group) is 1. The Kier molecular flexibility index (Phi) is 6.77. The minimum atomic E-state index is -3.55. The summed E-state index contributed by atoms with van der Waals surface area (Å²) in [4.78, 5) is 0.102. The maximum Gasteiger partial charge on any atom is 0.240 e. The highest BCUT2D eigenvalue weighted by molar-refractivity contribution is 7.89. The fourth-order valence-corrected chi connectivity index (χ4v) is 2.66. The van der Waals surface area contributed by atoms with E-state index in [4.69, 9.17) is 0 Å². The molecule has 4 nitrogen and oxygen atoms in total. The molecule has 0 atom stereocenters. The maximum atomic E-state index is 13.4. The number of nitrogens with one attached hydrogen (secondary N) is 2. The third-order valence-electron chi connectivity index (χ3n) is 2.39. The van der Waals surface area contributed by atoms with Crippen LogP contribution in [0.15, 0.2) is 17.0 Å². The normalized spacial score (nSPS) is 11.1. The van der Waals surface area contributed by atoms with Gasteiger partial charge in [-0.15, -0.1) is 12.4 Å². The Labute approximate surface area is 113 Å². The number of hydrogen-bond donors (Lipinski definition) is 2. The molecule has 1 aromatic rings. The first kappa shape index (κ1) is 17.3. The van der Waals surface area contributed by atoms with E-state index in [-0.39, 0.29) is 23.1 Å². The van der Waals surface area contributed by atoms with Crippen molar-refractivity contribution < 1.29 is 12.8 Å². The lowest BCUT2D eigenvalue weighted by Gasteiger charge is -2.09. The lowest BCUT2D eigenvalue weighted by molar-refractivity contribution is 0.577. The highest BCUT2D eigenvalue weighted by atomic mass is 35.5. The van der Waals surface area contributed by atoms with Crippen LogP contribution in [0.1, 0.15) is 11.1 Å². The standard InChI is InChI=1S/C11H17FN2O2S.ClH/c1-8-6-10(7-9(2)11(8)12)17(15,16)14-5-4-13-3;/h6-7,13-14H,4-5H2,1-3H3;1H. The van der Waals surface area contributed by atoms with Crippen LogP contribution in [0.25, 0.3) is 0 Å². The molecule has 0 heterocycles. The number of hydrogen-bond acceptors (Lipinski definition) is 3. The molecule has 1 rings (SSSR count). The number of halogens is 2. The van der Waals surface area contributed by atoms with Gasteiger partial charge in [0.25, 0.3) is 0 Å². The summed E-state index contributed by atoms with van der Waals surface area (Å²) in [5, 5.41) is 2.84. The highest BCUT2D eigenvalue weighted by Crippen LogP contribution is 2.18. The molecule has 0 bridgehead atoms. The lowest BCUT2D eigenvalue weighted by atomic mass is 10.1. The fourth-order valence-electron chi connectivity index (χ4n) is 1.46. The Morgan fingerprint density at radius 2 is 1.67 bits per heavy atom. The molecule has 0 unspecified atom stereocenters. The van der Waals surface area contributed by atoms with Gasteiger partial charge in [0.15, 0.2) is 0 Å². The van der Waals surface area contributed by atoms with E-state index < -0.39 is 10.0 Å². The summed E-state index contributed by atoms with van der Waals surface area (Å²) >= 11 is 0. The largest absolute Gasteiger partial charge is 0.318 e. The third-order valence-corrected chi connectivity index (χ3v) is 3.83. The van der Waals surface area contributed by atoms with Crippen LogP contribution in [0.2, 0.25) is 0 Å². The first-order chi connectivity index (χ1) is 7.88. The van der Waals surface area contributed by atoms with Crippen molar-refractivity contribution >= 4 is 22.4 Å².